The maximum atomic E-state index is 12.5. The highest BCUT2D eigenvalue weighted by atomic mass is 32.2. The molecule has 118 valence electrons. The molecule has 0 aliphatic rings. The summed E-state index contributed by atoms with van der Waals surface area (Å²) in [5.41, 5.74) is -0.124. The van der Waals surface area contributed by atoms with E-state index in [1.165, 1.54) is 18.3 Å². The molecule has 1 aromatic rings. The molecule has 21 heavy (non-hydrogen) atoms. The van der Waals surface area contributed by atoms with Crippen molar-refractivity contribution >= 4 is 16.0 Å². The van der Waals surface area contributed by atoms with E-state index in [1.807, 2.05) is 0 Å². The Labute approximate surface area is 124 Å². The smallest absolute Gasteiger partial charge is 0.339 e. The van der Waals surface area contributed by atoms with Gasteiger partial charge in [0.2, 0.25) is 10.0 Å². The van der Waals surface area contributed by atoms with Gasteiger partial charge in [0.25, 0.3) is 0 Å². The number of rotatable bonds is 7. The molecule has 0 aliphatic heterocycles. The standard InChI is InChI=1S/C13H20N2O5S/c1-9-7-11(16)10(13(17)18)8-12(9)21(19,20)15(3)6-4-5-14-2/h7-8,14,16H,4-6H2,1-3H3,(H,17,18). The molecule has 0 aliphatic carbocycles. The second kappa shape index (κ2) is 6.88. The molecule has 7 nitrogen and oxygen atoms in total. The zero-order valence-electron chi connectivity index (χ0n) is 12.3. The number of nitrogens with one attached hydrogen (secondary N) is 1. The summed E-state index contributed by atoms with van der Waals surface area (Å²) in [6.07, 6.45) is 0.634. The number of hydrogen-bond acceptors (Lipinski definition) is 5. The van der Waals surface area contributed by atoms with Gasteiger partial charge in [-0.2, -0.15) is 0 Å². The molecule has 0 radical (unpaired) electrons. The SMILES string of the molecule is CNCCCN(C)S(=O)(=O)c1cc(C(=O)O)c(O)cc1C. The second-order valence-corrected chi connectivity index (χ2v) is 6.74. The number of sulfonamides is 1. The lowest BCUT2D eigenvalue weighted by atomic mass is 10.1. The fraction of sp³-hybridized carbons (Fsp3) is 0.462. The first-order chi connectivity index (χ1) is 9.71. The molecule has 0 atom stereocenters. The Morgan fingerprint density at radius 2 is 2.00 bits per heavy atom. The third-order valence-corrected chi connectivity index (χ3v) is 5.11. The van der Waals surface area contributed by atoms with Crippen molar-refractivity contribution in [3.8, 4) is 5.75 Å². The zero-order chi connectivity index (χ0) is 16.2. The van der Waals surface area contributed by atoms with E-state index in [4.69, 9.17) is 5.11 Å². The number of aromatic carboxylic acids is 1. The summed E-state index contributed by atoms with van der Waals surface area (Å²) in [5, 5.41) is 21.5. The summed E-state index contributed by atoms with van der Waals surface area (Å²) >= 11 is 0. The molecule has 0 aromatic heterocycles. The zero-order valence-corrected chi connectivity index (χ0v) is 13.1. The van der Waals surface area contributed by atoms with E-state index in [2.05, 4.69) is 5.32 Å². The van der Waals surface area contributed by atoms with Crippen LogP contribution in [0.1, 0.15) is 22.3 Å². The average molecular weight is 316 g/mol. The van der Waals surface area contributed by atoms with Gasteiger partial charge in [-0.15, -0.1) is 0 Å². The van der Waals surface area contributed by atoms with Gasteiger partial charge in [0.15, 0.2) is 0 Å². The van der Waals surface area contributed by atoms with Crippen LogP contribution in [0.25, 0.3) is 0 Å². The maximum absolute atomic E-state index is 12.5. The van der Waals surface area contributed by atoms with Crippen LogP contribution in [0.4, 0.5) is 0 Å². The molecule has 0 unspecified atom stereocenters. The summed E-state index contributed by atoms with van der Waals surface area (Å²) < 4.78 is 26.1. The number of carbonyl (C=O) groups is 1. The van der Waals surface area contributed by atoms with Crippen LogP contribution in [0.15, 0.2) is 17.0 Å². The average Bonchev–Trinajstić information content (AvgIpc) is 2.37. The maximum Gasteiger partial charge on any atom is 0.339 e. The second-order valence-electron chi connectivity index (χ2n) is 4.72. The van der Waals surface area contributed by atoms with Crippen LogP contribution >= 0.6 is 0 Å². The lowest BCUT2D eigenvalue weighted by Crippen LogP contribution is -2.30. The van der Waals surface area contributed by atoms with Gasteiger partial charge in [-0.25, -0.2) is 17.5 Å². The van der Waals surface area contributed by atoms with Crippen molar-refractivity contribution in [1.29, 1.82) is 0 Å². The van der Waals surface area contributed by atoms with E-state index in [0.717, 1.165) is 12.1 Å². The first-order valence-corrected chi connectivity index (χ1v) is 7.83. The Hall–Kier alpha value is -1.64. The minimum atomic E-state index is -3.79. The molecule has 0 saturated carbocycles. The molecule has 1 aromatic carbocycles. The van der Waals surface area contributed by atoms with Crippen molar-refractivity contribution in [3.05, 3.63) is 23.3 Å². The Balaban J connectivity index is 3.19. The van der Waals surface area contributed by atoms with Crippen molar-refractivity contribution in [2.75, 3.05) is 27.2 Å². The number of aryl methyl sites for hydroxylation is 1. The van der Waals surface area contributed by atoms with E-state index in [0.29, 0.717) is 25.1 Å². The van der Waals surface area contributed by atoms with Crippen molar-refractivity contribution in [3.63, 3.8) is 0 Å². The largest absolute Gasteiger partial charge is 0.507 e. The summed E-state index contributed by atoms with van der Waals surface area (Å²) in [6.45, 7) is 2.50. The van der Waals surface area contributed by atoms with Gasteiger partial charge in [-0.05, 0) is 44.6 Å². The molecule has 0 spiro atoms. The molecule has 0 fully saturated rings. The fourth-order valence-electron chi connectivity index (χ4n) is 1.89. The minimum Gasteiger partial charge on any atom is -0.507 e. The molecular formula is C13H20N2O5S. The van der Waals surface area contributed by atoms with Crippen LogP contribution in [0.5, 0.6) is 5.75 Å². The Bertz CT molecular complexity index is 628. The van der Waals surface area contributed by atoms with Gasteiger partial charge < -0.3 is 15.5 Å². The number of benzene rings is 1. The lowest BCUT2D eigenvalue weighted by molar-refractivity contribution is 0.0693. The quantitative estimate of drug-likeness (QED) is 0.637. The van der Waals surface area contributed by atoms with E-state index in [1.54, 1.807) is 7.05 Å². The molecule has 0 heterocycles. The van der Waals surface area contributed by atoms with Crippen LogP contribution in [0.3, 0.4) is 0 Å². The number of carboxylic acids is 1. The van der Waals surface area contributed by atoms with E-state index >= 15 is 0 Å². The fourth-order valence-corrected chi connectivity index (χ4v) is 3.33. The van der Waals surface area contributed by atoms with Crippen LogP contribution in [-0.2, 0) is 10.0 Å². The third-order valence-electron chi connectivity index (χ3n) is 3.11. The lowest BCUT2D eigenvalue weighted by Gasteiger charge is -2.19. The summed E-state index contributed by atoms with van der Waals surface area (Å²) in [7, 11) is -0.574. The molecule has 0 saturated heterocycles. The first-order valence-electron chi connectivity index (χ1n) is 6.39. The summed E-state index contributed by atoms with van der Waals surface area (Å²) in [5.74, 6) is -1.82. The first kappa shape index (κ1) is 17.4. The predicted molar refractivity (Wildman–Crippen MR) is 78.2 cm³/mol. The van der Waals surface area contributed by atoms with Gasteiger partial charge >= 0.3 is 5.97 Å². The van der Waals surface area contributed by atoms with E-state index < -0.39 is 27.3 Å². The van der Waals surface area contributed by atoms with E-state index in [-0.39, 0.29) is 4.90 Å². The van der Waals surface area contributed by atoms with Crippen molar-refractivity contribution < 1.29 is 23.4 Å². The normalized spacial score (nSPS) is 11.8. The predicted octanol–water partition coefficient (Wildman–Crippen LogP) is 0.629. The molecule has 3 N–H and O–H groups in total. The van der Waals surface area contributed by atoms with Gasteiger partial charge in [0.05, 0.1) is 4.90 Å². The van der Waals surface area contributed by atoms with Crippen LogP contribution in [-0.4, -0.2) is 56.1 Å². The van der Waals surface area contributed by atoms with Crippen molar-refractivity contribution in [2.45, 2.75) is 18.2 Å². The number of hydrogen-bond donors (Lipinski definition) is 3. The Kier molecular flexibility index (Phi) is 5.70. The van der Waals surface area contributed by atoms with E-state index in [9.17, 15) is 18.3 Å². The Morgan fingerprint density at radius 1 is 1.38 bits per heavy atom. The highest BCUT2D eigenvalue weighted by molar-refractivity contribution is 7.89. The van der Waals surface area contributed by atoms with Crippen LogP contribution in [0.2, 0.25) is 0 Å². The van der Waals surface area contributed by atoms with Crippen molar-refractivity contribution in [2.24, 2.45) is 0 Å². The Morgan fingerprint density at radius 3 is 2.52 bits per heavy atom. The number of aromatic hydroxyl groups is 1. The van der Waals surface area contributed by atoms with Gasteiger partial charge in [-0.1, -0.05) is 0 Å². The number of nitrogens with zero attached hydrogens (tertiary/aromatic N) is 1. The topological polar surface area (TPSA) is 107 Å². The highest BCUT2D eigenvalue weighted by Crippen LogP contribution is 2.27. The minimum absolute atomic E-state index is 0.107. The monoisotopic (exact) mass is 316 g/mol. The number of phenols is 1. The highest BCUT2D eigenvalue weighted by Gasteiger charge is 2.25. The molecule has 0 amide bonds. The van der Waals surface area contributed by atoms with Crippen molar-refractivity contribution in [1.82, 2.24) is 9.62 Å². The third kappa shape index (κ3) is 3.93. The molecule has 0 bridgehead atoms. The van der Waals surface area contributed by atoms with Gasteiger partial charge in [0, 0.05) is 13.6 Å². The van der Waals surface area contributed by atoms with Crippen LogP contribution in [0, 0.1) is 6.92 Å². The molecule has 1 rings (SSSR count). The summed E-state index contributed by atoms with van der Waals surface area (Å²) in [6, 6.07) is 2.15. The molecular weight excluding hydrogens is 296 g/mol. The number of carboxylic acid groups (broad SMARTS) is 1. The summed E-state index contributed by atoms with van der Waals surface area (Å²) in [4.78, 5) is 10.9. The van der Waals surface area contributed by atoms with Gasteiger partial charge in [0.1, 0.15) is 11.3 Å². The van der Waals surface area contributed by atoms with Gasteiger partial charge in [-0.3, -0.25) is 0 Å². The molecule has 8 heteroatoms. The van der Waals surface area contributed by atoms with Crippen LogP contribution < -0.4 is 5.32 Å².